The Morgan fingerprint density at radius 2 is 2.18 bits per heavy atom. The Morgan fingerprint density at radius 1 is 1.47 bits per heavy atom. The molecule has 0 saturated carbocycles. The van der Waals surface area contributed by atoms with E-state index >= 15 is 0 Å². The van der Waals surface area contributed by atoms with E-state index in [9.17, 15) is 4.79 Å². The molecule has 1 unspecified atom stereocenters. The van der Waals surface area contributed by atoms with E-state index in [0.717, 1.165) is 5.56 Å². The third-order valence-electron chi connectivity index (χ3n) is 2.34. The van der Waals surface area contributed by atoms with Gasteiger partial charge in [0.1, 0.15) is 6.10 Å². The molecule has 4 nitrogen and oxygen atoms in total. The summed E-state index contributed by atoms with van der Waals surface area (Å²) in [5.41, 5.74) is 1.46. The van der Waals surface area contributed by atoms with Gasteiger partial charge >= 0.3 is 5.97 Å². The van der Waals surface area contributed by atoms with Crippen molar-refractivity contribution in [3.05, 3.63) is 47.7 Å². The molecule has 1 aliphatic rings. The van der Waals surface area contributed by atoms with Crippen molar-refractivity contribution in [3.8, 4) is 0 Å². The van der Waals surface area contributed by atoms with Crippen LogP contribution in [-0.2, 0) is 14.4 Å². The van der Waals surface area contributed by atoms with Crippen molar-refractivity contribution in [1.29, 1.82) is 0 Å². The van der Waals surface area contributed by atoms with E-state index in [1.54, 1.807) is 13.1 Å². The van der Waals surface area contributed by atoms with Gasteiger partial charge in [-0.25, -0.2) is 4.79 Å². The summed E-state index contributed by atoms with van der Waals surface area (Å²) in [6.45, 7) is 2.15. The number of nitrogens with zero attached hydrogens (tertiary/aromatic N) is 1. The fourth-order valence-corrected chi connectivity index (χ4v) is 2.13. The van der Waals surface area contributed by atoms with Gasteiger partial charge < -0.3 is 4.74 Å². The molecule has 0 bridgehead atoms. The number of rotatable bonds is 3. The fraction of sp³-hybridized carbons (Fsp3) is 0.250. The molecule has 1 aromatic rings. The summed E-state index contributed by atoms with van der Waals surface area (Å²) >= 11 is 1.98. The van der Waals surface area contributed by atoms with Crippen molar-refractivity contribution in [2.24, 2.45) is 0 Å². The SMILES string of the molecule is CCOC(=O)C1=CN(I)OC1c1ccccc1. The molecule has 0 radical (unpaired) electrons. The minimum Gasteiger partial charge on any atom is -0.463 e. The van der Waals surface area contributed by atoms with Crippen LogP contribution in [0.1, 0.15) is 18.6 Å². The predicted molar refractivity (Wildman–Crippen MR) is 70.8 cm³/mol. The Morgan fingerprint density at radius 3 is 2.82 bits per heavy atom. The number of ether oxygens (including phenoxy) is 1. The first-order chi connectivity index (χ1) is 8.22. The van der Waals surface area contributed by atoms with Crippen molar-refractivity contribution in [3.63, 3.8) is 0 Å². The summed E-state index contributed by atoms with van der Waals surface area (Å²) in [6, 6.07) is 9.60. The maximum absolute atomic E-state index is 11.8. The molecule has 0 fully saturated rings. The van der Waals surface area contributed by atoms with Gasteiger partial charge in [-0.15, -0.1) is 0 Å². The lowest BCUT2D eigenvalue weighted by Crippen LogP contribution is -2.13. The van der Waals surface area contributed by atoms with E-state index in [1.807, 2.05) is 53.2 Å². The van der Waals surface area contributed by atoms with Crippen LogP contribution in [0, 0.1) is 0 Å². The number of hydrogen-bond donors (Lipinski definition) is 0. The maximum Gasteiger partial charge on any atom is 0.338 e. The molecule has 17 heavy (non-hydrogen) atoms. The van der Waals surface area contributed by atoms with Crippen LogP contribution < -0.4 is 0 Å². The highest BCUT2D eigenvalue weighted by molar-refractivity contribution is 14.1. The van der Waals surface area contributed by atoms with Crippen LogP contribution in [-0.4, -0.2) is 15.9 Å². The Bertz CT molecular complexity index is 433. The molecule has 5 heteroatoms. The molecule has 0 aromatic heterocycles. The lowest BCUT2D eigenvalue weighted by atomic mass is 10.0. The van der Waals surface area contributed by atoms with Crippen LogP contribution in [0.5, 0.6) is 0 Å². The summed E-state index contributed by atoms with van der Waals surface area (Å²) in [4.78, 5) is 17.3. The lowest BCUT2D eigenvalue weighted by molar-refractivity contribution is -0.140. The molecular formula is C12H12INO3. The Balaban J connectivity index is 2.24. The van der Waals surface area contributed by atoms with Gasteiger partial charge in [-0.05, 0) is 12.5 Å². The third-order valence-corrected chi connectivity index (χ3v) is 2.85. The zero-order chi connectivity index (χ0) is 12.3. The van der Waals surface area contributed by atoms with E-state index in [1.165, 1.54) is 3.28 Å². The molecule has 1 aromatic carbocycles. The molecule has 0 spiro atoms. The largest absolute Gasteiger partial charge is 0.463 e. The predicted octanol–water partition coefficient (Wildman–Crippen LogP) is 2.77. The van der Waals surface area contributed by atoms with E-state index in [2.05, 4.69) is 0 Å². The fourth-order valence-electron chi connectivity index (χ4n) is 1.61. The van der Waals surface area contributed by atoms with E-state index in [4.69, 9.17) is 9.57 Å². The lowest BCUT2D eigenvalue weighted by Gasteiger charge is -2.14. The number of esters is 1. The van der Waals surface area contributed by atoms with E-state index < -0.39 is 0 Å². The van der Waals surface area contributed by atoms with Crippen LogP contribution in [0.25, 0.3) is 0 Å². The maximum atomic E-state index is 11.8. The van der Waals surface area contributed by atoms with Gasteiger partial charge in [0.15, 0.2) is 0 Å². The van der Waals surface area contributed by atoms with Crippen molar-refractivity contribution < 1.29 is 14.4 Å². The highest BCUT2D eigenvalue weighted by Gasteiger charge is 2.32. The standard InChI is InChI=1S/C12H12INO3/c1-2-16-12(15)10-8-14(13)17-11(10)9-6-4-3-5-7-9/h3-8,11H,2H2,1H3. The second-order valence-electron chi connectivity index (χ2n) is 3.47. The molecule has 0 saturated heterocycles. The zero-order valence-electron chi connectivity index (χ0n) is 9.30. The Hall–Kier alpha value is -1.08. The monoisotopic (exact) mass is 345 g/mol. The summed E-state index contributed by atoms with van der Waals surface area (Å²) in [6.07, 6.45) is 1.27. The minimum atomic E-state index is -0.382. The van der Waals surface area contributed by atoms with E-state index in [-0.39, 0.29) is 12.1 Å². The van der Waals surface area contributed by atoms with Crippen molar-refractivity contribution in [1.82, 2.24) is 3.28 Å². The van der Waals surface area contributed by atoms with Crippen LogP contribution >= 0.6 is 22.9 Å². The molecule has 2 rings (SSSR count). The molecular weight excluding hydrogens is 333 g/mol. The van der Waals surface area contributed by atoms with Crippen LogP contribution in [0.3, 0.4) is 0 Å². The topological polar surface area (TPSA) is 38.8 Å². The van der Waals surface area contributed by atoms with Crippen molar-refractivity contribution in [2.45, 2.75) is 13.0 Å². The quantitative estimate of drug-likeness (QED) is 0.480. The number of benzene rings is 1. The normalized spacial score (nSPS) is 19.1. The van der Waals surface area contributed by atoms with Crippen LogP contribution in [0.15, 0.2) is 42.1 Å². The number of hydroxylamine groups is 1. The highest BCUT2D eigenvalue weighted by atomic mass is 127. The first kappa shape index (κ1) is 12.4. The smallest absolute Gasteiger partial charge is 0.338 e. The van der Waals surface area contributed by atoms with Crippen LogP contribution in [0.4, 0.5) is 0 Å². The van der Waals surface area contributed by atoms with E-state index in [0.29, 0.717) is 12.2 Å². The summed E-state index contributed by atoms with van der Waals surface area (Å²) in [5.74, 6) is -0.333. The molecule has 0 amide bonds. The third kappa shape index (κ3) is 2.78. The molecule has 0 aliphatic carbocycles. The first-order valence-electron chi connectivity index (χ1n) is 5.28. The number of halogens is 1. The minimum absolute atomic E-state index is 0.333. The summed E-state index contributed by atoms with van der Waals surface area (Å²) in [7, 11) is 0. The van der Waals surface area contributed by atoms with Gasteiger partial charge in [0, 0.05) is 0 Å². The second-order valence-corrected chi connectivity index (χ2v) is 4.42. The van der Waals surface area contributed by atoms with Gasteiger partial charge in [0.2, 0.25) is 0 Å². The Labute approximate surface area is 114 Å². The molecule has 1 atom stereocenters. The average molecular weight is 345 g/mol. The molecule has 1 aliphatic heterocycles. The summed E-state index contributed by atoms with van der Waals surface area (Å²) < 4.78 is 6.51. The molecule has 1 heterocycles. The van der Waals surface area contributed by atoms with Crippen molar-refractivity contribution in [2.75, 3.05) is 6.61 Å². The Kier molecular flexibility index (Phi) is 4.01. The number of carbonyl (C=O) groups is 1. The highest BCUT2D eigenvalue weighted by Crippen LogP contribution is 2.35. The molecule has 90 valence electrons. The van der Waals surface area contributed by atoms with Gasteiger partial charge in [-0.1, -0.05) is 30.3 Å². The van der Waals surface area contributed by atoms with Gasteiger partial charge in [-0.3, -0.25) is 4.84 Å². The van der Waals surface area contributed by atoms with Crippen LogP contribution in [0.2, 0.25) is 0 Å². The van der Waals surface area contributed by atoms with Gasteiger partial charge in [-0.2, -0.15) is 3.28 Å². The first-order valence-corrected chi connectivity index (χ1v) is 6.24. The average Bonchev–Trinajstić information content (AvgIpc) is 2.73. The van der Waals surface area contributed by atoms with Gasteiger partial charge in [0.25, 0.3) is 0 Å². The number of hydrogen-bond acceptors (Lipinski definition) is 4. The van der Waals surface area contributed by atoms with Gasteiger partial charge in [0.05, 0.1) is 41.2 Å². The summed E-state index contributed by atoms with van der Waals surface area (Å²) in [5, 5.41) is 0. The number of carbonyl (C=O) groups excluding carboxylic acids is 1. The zero-order valence-corrected chi connectivity index (χ0v) is 11.5. The van der Waals surface area contributed by atoms with Crippen molar-refractivity contribution >= 4 is 28.8 Å². The second kappa shape index (κ2) is 5.50. The molecule has 0 N–H and O–H groups in total.